The van der Waals surface area contributed by atoms with E-state index in [4.69, 9.17) is 4.74 Å². The zero-order valence-corrected chi connectivity index (χ0v) is 14.3. The first-order valence-electron chi connectivity index (χ1n) is 8.46. The third-order valence-corrected chi connectivity index (χ3v) is 5.23. The highest BCUT2D eigenvalue weighted by Gasteiger charge is 2.43. The van der Waals surface area contributed by atoms with E-state index in [-0.39, 0.29) is 17.2 Å². The molecule has 2 amide bonds. The number of allylic oxidation sites excluding steroid dienone is 1. The lowest BCUT2D eigenvalue weighted by atomic mass is 9.70. The summed E-state index contributed by atoms with van der Waals surface area (Å²) in [5.41, 5.74) is 1.49. The van der Waals surface area contributed by atoms with Crippen molar-refractivity contribution < 1.29 is 14.3 Å². The standard InChI is InChI=1S/C19H24N2O3/c1-21-16-9-5-6-11-19(16,12-10-17(21)22)13-20-18(23)14-7-3-4-8-15(14)24-2/h3-4,7-9H,5-6,10-13H2,1-2H3,(H,20,23). The van der Waals surface area contributed by atoms with E-state index in [1.807, 2.05) is 19.2 Å². The zero-order chi connectivity index (χ0) is 17.2. The van der Waals surface area contributed by atoms with Crippen LogP contribution in [0.2, 0.25) is 0 Å². The fourth-order valence-corrected chi connectivity index (χ4v) is 3.86. The number of carbonyl (C=O) groups is 2. The predicted molar refractivity (Wildman–Crippen MR) is 91.7 cm³/mol. The van der Waals surface area contributed by atoms with Crippen LogP contribution in [0.15, 0.2) is 36.0 Å². The van der Waals surface area contributed by atoms with Crippen LogP contribution in [0.25, 0.3) is 0 Å². The van der Waals surface area contributed by atoms with Gasteiger partial charge in [-0.3, -0.25) is 9.59 Å². The van der Waals surface area contributed by atoms with Gasteiger partial charge in [-0.15, -0.1) is 0 Å². The second kappa shape index (κ2) is 6.67. The largest absolute Gasteiger partial charge is 0.496 e. The summed E-state index contributed by atoms with van der Waals surface area (Å²) >= 11 is 0. The Hall–Kier alpha value is -2.30. The summed E-state index contributed by atoms with van der Waals surface area (Å²) in [6.45, 7) is 0.549. The maximum Gasteiger partial charge on any atom is 0.255 e. The van der Waals surface area contributed by atoms with Crippen LogP contribution in [0.4, 0.5) is 0 Å². The van der Waals surface area contributed by atoms with Crippen molar-refractivity contribution in [2.45, 2.75) is 32.1 Å². The molecule has 0 bridgehead atoms. The summed E-state index contributed by atoms with van der Waals surface area (Å²) in [5.74, 6) is 0.601. The first-order chi connectivity index (χ1) is 11.6. The fraction of sp³-hybridized carbons (Fsp3) is 0.474. The molecule has 128 valence electrons. The molecular formula is C19H24N2O3. The molecule has 0 aromatic heterocycles. The smallest absolute Gasteiger partial charge is 0.255 e. The van der Waals surface area contributed by atoms with Crippen LogP contribution in [0.1, 0.15) is 42.5 Å². The minimum absolute atomic E-state index is 0.126. The lowest BCUT2D eigenvalue weighted by Gasteiger charge is -2.46. The maximum absolute atomic E-state index is 12.6. The van der Waals surface area contributed by atoms with Crippen molar-refractivity contribution in [3.05, 3.63) is 41.6 Å². The van der Waals surface area contributed by atoms with Crippen LogP contribution in [-0.2, 0) is 4.79 Å². The molecule has 1 fully saturated rings. The molecule has 1 heterocycles. The van der Waals surface area contributed by atoms with Crippen molar-refractivity contribution in [1.82, 2.24) is 10.2 Å². The van der Waals surface area contributed by atoms with Gasteiger partial charge in [0.1, 0.15) is 5.75 Å². The quantitative estimate of drug-likeness (QED) is 0.924. The molecule has 1 saturated heterocycles. The van der Waals surface area contributed by atoms with Crippen molar-refractivity contribution in [3.8, 4) is 5.75 Å². The van der Waals surface area contributed by atoms with Crippen LogP contribution in [0, 0.1) is 5.41 Å². The fourth-order valence-electron chi connectivity index (χ4n) is 3.86. The Morgan fingerprint density at radius 2 is 2.12 bits per heavy atom. The molecule has 1 atom stereocenters. The molecule has 24 heavy (non-hydrogen) atoms. The van der Waals surface area contributed by atoms with Crippen molar-refractivity contribution in [2.75, 3.05) is 20.7 Å². The number of rotatable bonds is 4. The highest BCUT2D eigenvalue weighted by molar-refractivity contribution is 5.97. The highest BCUT2D eigenvalue weighted by Crippen LogP contribution is 2.45. The molecule has 3 rings (SSSR count). The van der Waals surface area contributed by atoms with E-state index >= 15 is 0 Å². The number of para-hydroxylation sites is 1. The number of methoxy groups -OCH3 is 1. The van der Waals surface area contributed by atoms with Crippen molar-refractivity contribution in [2.24, 2.45) is 5.41 Å². The Kier molecular flexibility index (Phi) is 4.60. The molecule has 5 nitrogen and oxygen atoms in total. The number of likely N-dealkylation sites (tertiary alicyclic amines) is 1. The van der Waals surface area contributed by atoms with Gasteiger partial charge in [0.25, 0.3) is 5.91 Å². The summed E-state index contributed by atoms with van der Waals surface area (Å²) in [4.78, 5) is 26.4. The summed E-state index contributed by atoms with van der Waals surface area (Å²) in [6, 6.07) is 7.22. The molecule has 1 aliphatic heterocycles. The predicted octanol–water partition coefficient (Wildman–Crippen LogP) is 2.73. The van der Waals surface area contributed by atoms with Crippen LogP contribution in [0.5, 0.6) is 5.75 Å². The van der Waals surface area contributed by atoms with E-state index in [9.17, 15) is 9.59 Å². The number of hydrogen-bond acceptors (Lipinski definition) is 3. The highest BCUT2D eigenvalue weighted by atomic mass is 16.5. The maximum atomic E-state index is 12.6. The minimum Gasteiger partial charge on any atom is -0.496 e. The van der Waals surface area contributed by atoms with Crippen LogP contribution in [0.3, 0.4) is 0 Å². The Labute approximate surface area is 142 Å². The van der Waals surface area contributed by atoms with Crippen molar-refractivity contribution in [1.29, 1.82) is 0 Å². The summed E-state index contributed by atoms with van der Waals surface area (Å²) < 4.78 is 5.27. The molecule has 1 aromatic rings. The van der Waals surface area contributed by atoms with E-state index < -0.39 is 0 Å². The first kappa shape index (κ1) is 16.6. The number of ether oxygens (including phenoxy) is 1. The number of amides is 2. The molecule has 2 aliphatic rings. The van der Waals surface area contributed by atoms with Crippen LogP contribution >= 0.6 is 0 Å². The number of hydrogen-bond donors (Lipinski definition) is 1. The topological polar surface area (TPSA) is 58.6 Å². The third-order valence-electron chi connectivity index (χ3n) is 5.23. The molecule has 0 saturated carbocycles. The monoisotopic (exact) mass is 328 g/mol. The second-order valence-electron chi connectivity index (χ2n) is 6.60. The SMILES string of the molecule is COc1ccccc1C(=O)NCC12CCCC=C1N(C)C(=O)CC2. The first-order valence-corrected chi connectivity index (χ1v) is 8.46. The normalized spacial score (nSPS) is 23.3. The van der Waals surface area contributed by atoms with E-state index in [1.54, 1.807) is 24.1 Å². The van der Waals surface area contributed by atoms with Gasteiger partial charge in [0.2, 0.25) is 5.91 Å². The molecule has 1 unspecified atom stereocenters. The molecular weight excluding hydrogens is 304 g/mol. The van der Waals surface area contributed by atoms with E-state index in [0.29, 0.717) is 24.3 Å². The second-order valence-corrected chi connectivity index (χ2v) is 6.60. The number of carbonyl (C=O) groups excluding carboxylic acids is 2. The zero-order valence-electron chi connectivity index (χ0n) is 14.3. The number of piperidine rings is 1. The van der Waals surface area contributed by atoms with Crippen LogP contribution < -0.4 is 10.1 Å². The number of nitrogens with one attached hydrogen (secondary N) is 1. The van der Waals surface area contributed by atoms with Gasteiger partial charge < -0.3 is 15.0 Å². The third kappa shape index (κ3) is 2.90. The van der Waals surface area contributed by atoms with Gasteiger partial charge in [0.05, 0.1) is 12.7 Å². The Morgan fingerprint density at radius 1 is 1.33 bits per heavy atom. The summed E-state index contributed by atoms with van der Waals surface area (Å²) in [7, 11) is 3.41. The summed E-state index contributed by atoms with van der Waals surface area (Å²) in [6.07, 6.45) is 6.59. The molecule has 1 aromatic carbocycles. The number of benzene rings is 1. The Bertz CT molecular complexity index is 683. The minimum atomic E-state index is -0.133. The van der Waals surface area contributed by atoms with Crippen molar-refractivity contribution in [3.63, 3.8) is 0 Å². The Balaban J connectivity index is 1.77. The van der Waals surface area contributed by atoms with Crippen molar-refractivity contribution >= 4 is 11.8 Å². The lowest BCUT2D eigenvalue weighted by Crippen LogP contribution is -2.49. The van der Waals surface area contributed by atoms with Gasteiger partial charge in [-0.2, -0.15) is 0 Å². The van der Waals surface area contributed by atoms with E-state index in [0.717, 1.165) is 31.4 Å². The molecule has 5 heteroatoms. The van der Waals surface area contributed by atoms with Gasteiger partial charge >= 0.3 is 0 Å². The van der Waals surface area contributed by atoms with E-state index in [1.165, 1.54) is 0 Å². The number of fused-ring (bicyclic) bond motifs is 1. The van der Waals surface area contributed by atoms with Gasteiger partial charge in [-0.25, -0.2) is 0 Å². The lowest BCUT2D eigenvalue weighted by molar-refractivity contribution is -0.132. The van der Waals surface area contributed by atoms with Gasteiger partial charge in [0, 0.05) is 31.1 Å². The van der Waals surface area contributed by atoms with Gasteiger partial charge in [-0.05, 0) is 37.8 Å². The average molecular weight is 328 g/mol. The summed E-state index contributed by atoms with van der Waals surface area (Å²) in [5, 5.41) is 3.07. The molecule has 1 N–H and O–H groups in total. The van der Waals surface area contributed by atoms with Gasteiger partial charge in [-0.1, -0.05) is 18.2 Å². The molecule has 0 radical (unpaired) electrons. The molecule has 1 aliphatic carbocycles. The van der Waals surface area contributed by atoms with Crippen LogP contribution in [-0.4, -0.2) is 37.4 Å². The molecule has 0 spiro atoms. The van der Waals surface area contributed by atoms with Gasteiger partial charge in [0.15, 0.2) is 0 Å². The average Bonchev–Trinajstić information content (AvgIpc) is 2.63. The van der Waals surface area contributed by atoms with E-state index in [2.05, 4.69) is 11.4 Å². The number of nitrogens with zero attached hydrogens (tertiary/aromatic N) is 1. The Morgan fingerprint density at radius 3 is 2.92 bits per heavy atom.